The second-order valence-electron chi connectivity index (χ2n) is 5.49. The number of aliphatic imine (C=N–C) groups is 1. The minimum Gasteiger partial charge on any atom is -0.496 e. The molecule has 1 aromatic carbocycles. The lowest BCUT2D eigenvalue weighted by atomic mass is 10.1. The van der Waals surface area contributed by atoms with Crippen LogP contribution >= 0.6 is 0 Å². The van der Waals surface area contributed by atoms with E-state index in [1.54, 1.807) is 6.92 Å². The van der Waals surface area contributed by atoms with E-state index in [1.165, 1.54) is 19.2 Å². The maximum absolute atomic E-state index is 12.6. The highest BCUT2D eigenvalue weighted by Gasteiger charge is 2.21. The molecule has 0 bridgehead atoms. The quantitative estimate of drug-likeness (QED) is 0.384. The van der Waals surface area contributed by atoms with E-state index in [0.29, 0.717) is 0 Å². The van der Waals surface area contributed by atoms with Crippen molar-refractivity contribution in [2.24, 2.45) is 4.99 Å². The summed E-state index contributed by atoms with van der Waals surface area (Å²) in [5.74, 6) is -2.60. The van der Waals surface area contributed by atoms with Gasteiger partial charge in [-0.15, -0.1) is 0 Å². The highest BCUT2D eigenvalue weighted by molar-refractivity contribution is 6.40. The summed E-state index contributed by atoms with van der Waals surface area (Å²) in [5, 5.41) is 0.00378. The van der Waals surface area contributed by atoms with E-state index in [-0.39, 0.29) is 40.5 Å². The lowest BCUT2D eigenvalue weighted by Gasteiger charge is -2.09. The van der Waals surface area contributed by atoms with Crippen molar-refractivity contribution in [1.29, 1.82) is 0 Å². The first kappa shape index (κ1) is 21.6. The van der Waals surface area contributed by atoms with Crippen molar-refractivity contribution in [3.8, 4) is 5.75 Å². The minimum atomic E-state index is -0.872. The molecule has 0 saturated carbocycles. The molecule has 2 aromatic rings. The molecule has 0 aliphatic carbocycles. The summed E-state index contributed by atoms with van der Waals surface area (Å²) < 4.78 is 24.8. The van der Waals surface area contributed by atoms with Gasteiger partial charge in [-0.05, 0) is 19.1 Å². The van der Waals surface area contributed by atoms with Crippen molar-refractivity contribution in [3.05, 3.63) is 34.2 Å². The molecule has 29 heavy (non-hydrogen) atoms. The van der Waals surface area contributed by atoms with Crippen LogP contribution in [0.4, 0.5) is 5.69 Å². The summed E-state index contributed by atoms with van der Waals surface area (Å²) in [6, 6.07) is 3.82. The number of carbonyl (C=O) groups is 3. The Hall–Kier alpha value is -3.69. The molecule has 0 atom stereocenters. The Labute approximate surface area is 165 Å². The molecular formula is C19H19NO9. The Balaban J connectivity index is 2.77. The zero-order chi connectivity index (χ0) is 21.6. The van der Waals surface area contributed by atoms with Gasteiger partial charge >= 0.3 is 17.9 Å². The molecular weight excluding hydrogens is 386 g/mol. The molecule has 10 heteroatoms. The van der Waals surface area contributed by atoms with E-state index in [0.717, 1.165) is 20.3 Å². The fourth-order valence-electron chi connectivity index (χ4n) is 2.41. The lowest BCUT2D eigenvalue weighted by Crippen LogP contribution is -2.20. The number of fused-ring (bicyclic) bond motifs is 1. The van der Waals surface area contributed by atoms with Gasteiger partial charge in [0.25, 0.3) is 0 Å². The second-order valence-corrected chi connectivity index (χ2v) is 5.49. The molecule has 2 rings (SSSR count). The standard InChI is InChI=1S/C19H19NO9/c1-5-28-19(24)14-9-12(21)16-13(25-2)7-6-10(17(16)29-14)20-11(18(23)27-4)8-15(22)26-3/h6-7,9H,5,8H2,1-4H3. The number of benzene rings is 1. The van der Waals surface area contributed by atoms with Crippen LogP contribution in [0.25, 0.3) is 11.0 Å². The van der Waals surface area contributed by atoms with E-state index < -0.39 is 29.8 Å². The Morgan fingerprint density at radius 3 is 2.41 bits per heavy atom. The summed E-state index contributed by atoms with van der Waals surface area (Å²) >= 11 is 0. The number of nitrogens with zero attached hydrogens (tertiary/aromatic N) is 1. The number of esters is 3. The Morgan fingerprint density at radius 2 is 1.83 bits per heavy atom. The molecule has 0 N–H and O–H groups in total. The van der Waals surface area contributed by atoms with E-state index in [4.69, 9.17) is 13.9 Å². The smallest absolute Gasteiger partial charge is 0.374 e. The molecule has 1 aromatic heterocycles. The van der Waals surface area contributed by atoms with Crippen molar-refractivity contribution in [1.82, 2.24) is 0 Å². The molecule has 0 unspecified atom stereocenters. The molecule has 154 valence electrons. The van der Waals surface area contributed by atoms with Crippen molar-refractivity contribution in [2.75, 3.05) is 27.9 Å². The SMILES string of the molecule is CCOC(=O)c1cc(=O)c2c(OC)ccc(N=C(CC(=O)OC)C(=O)OC)c2o1. The molecule has 0 radical (unpaired) electrons. The van der Waals surface area contributed by atoms with Crippen molar-refractivity contribution in [3.63, 3.8) is 0 Å². The van der Waals surface area contributed by atoms with Gasteiger partial charge in [0.2, 0.25) is 5.76 Å². The van der Waals surface area contributed by atoms with Gasteiger partial charge in [0.15, 0.2) is 11.0 Å². The number of ether oxygens (including phenoxy) is 4. The van der Waals surface area contributed by atoms with Crippen molar-refractivity contribution >= 4 is 40.3 Å². The third-order valence-electron chi connectivity index (χ3n) is 3.73. The number of hydrogen-bond donors (Lipinski definition) is 0. The molecule has 0 amide bonds. The summed E-state index contributed by atoms with van der Waals surface area (Å²) in [6.07, 6.45) is -0.474. The number of hydrogen-bond acceptors (Lipinski definition) is 10. The van der Waals surface area contributed by atoms with E-state index in [1.807, 2.05) is 0 Å². The van der Waals surface area contributed by atoms with Crippen LogP contribution in [0.2, 0.25) is 0 Å². The average molecular weight is 405 g/mol. The second kappa shape index (κ2) is 9.49. The minimum absolute atomic E-state index is 0.00378. The number of rotatable bonds is 7. The lowest BCUT2D eigenvalue weighted by molar-refractivity contribution is -0.140. The van der Waals surface area contributed by atoms with Crippen LogP contribution in [0.15, 0.2) is 32.4 Å². The van der Waals surface area contributed by atoms with Crippen molar-refractivity contribution < 1.29 is 37.7 Å². The van der Waals surface area contributed by atoms with Gasteiger partial charge in [-0.3, -0.25) is 9.59 Å². The molecule has 1 heterocycles. The van der Waals surface area contributed by atoms with Crippen LogP contribution in [0.5, 0.6) is 5.75 Å². The predicted molar refractivity (Wildman–Crippen MR) is 101 cm³/mol. The van der Waals surface area contributed by atoms with Gasteiger partial charge < -0.3 is 23.4 Å². The number of methoxy groups -OCH3 is 3. The summed E-state index contributed by atoms with van der Waals surface area (Å²) in [7, 11) is 3.64. The van der Waals surface area contributed by atoms with E-state index in [9.17, 15) is 19.2 Å². The summed E-state index contributed by atoms with van der Waals surface area (Å²) in [6.45, 7) is 1.68. The van der Waals surface area contributed by atoms with Gasteiger partial charge in [0.05, 0.1) is 34.4 Å². The third kappa shape index (κ3) is 4.78. The van der Waals surface area contributed by atoms with Crippen LogP contribution in [0.1, 0.15) is 23.9 Å². The highest BCUT2D eigenvalue weighted by atomic mass is 16.5. The Bertz CT molecular complexity index is 1040. The topological polar surface area (TPSA) is 131 Å². The van der Waals surface area contributed by atoms with Crippen molar-refractivity contribution in [2.45, 2.75) is 13.3 Å². The predicted octanol–water partition coefficient (Wildman–Crippen LogP) is 1.79. The van der Waals surface area contributed by atoms with Crippen LogP contribution in [-0.2, 0) is 23.8 Å². The zero-order valence-corrected chi connectivity index (χ0v) is 16.3. The molecule has 10 nitrogen and oxygen atoms in total. The maximum atomic E-state index is 12.6. The summed E-state index contributed by atoms with van der Waals surface area (Å²) in [4.78, 5) is 52.3. The fourth-order valence-corrected chi connectivity index (χ4v) is 2.41. The van der Waals surface area contributed by atoms with E-state index in [2.05, 4.69) is 14.5 Å². The Morgan fingerprint density at radius 1 is 1.10 bits per heavy atom. The molecule has 0 spiro atoms. The first-order valence-corrected chi connectivity index (χ1v) is 8.40. The Kier molecular flexibility index (Phi) is 7.07. The van der Waals surface area contributed by atoms with Crippen LogP contribution in [0, 0.1) is 0 Å². The molecule has 0 saturated heterocycles. The highest BCUT2D eigenvalue weighted by Crippen LogP contribution is 2.32. The monoisotopic (exact) mass is 405 g/mol. The normalized spacial score (nSPS) is 11.1. The maximum Gasteiger partial charge on any atom is 0.374 e. The number of carbonyl (C=O) groups excluding carboxylic acids is 3. The van der Waals surface area contributed by atoms with Gasteiger partial charge in [-0.2, -0.15) is 0 Å². The average Bonchev–Trinajstić information content (AvgIpc) is 2.72. The first-order chi connectivity index (χ1) is 13.9. The van der Waals surface area contributed by atoms with Gasteiger partial charge in [0.1, 0.15) is 22.5 Å². The van der Waals surface area contributed by atoms with E-state index >= 15 is 0 Å². The van der Waals surface area contributed by atoms with Gasteiger partial charge in [-0.25, -0.2) is 14.6 Å². The third-order valence-corrected chi connectivity index (χ3v) is 3.73. The fraction of sp³-hybridized carbons (Fsp3) is 0.316. The zero-order valence-electron chi connectivity index (χ0n) is 16.3. The van der Waals surface area contributed by atoms with Gasteiger partial charge in [0, 0.05) is 6.07 Å². The van der Waals surface area contributed by atoms with Crippen LogP contribution in [-0.4, -0.2) is 51.6 Å². The van der Waals surface area contributed by atoms with Crippen LogP contribution < -0.4 is 10.2 Å². The first-order valence-electron chi connectivity index (χ1n) is 8.40. The van der Waals surface area contributed by atoms with Gasteiger partial charge in [-0.1, -0.05) is 0 Å². The summed E-state index contributed by atoms with van der Waals surface area (Å²) in [5.41, 5.74) is -0.967. The van der Waals surface area contributed by atoms with Crippen LogP contribution in [0.3, 0.4) is 0 Å². The molecule has 0 fully saturated rings. The largest absolute Gasteiger partial charge is 0.496 e. The molecule has 0 aliphatic rings. The molecule has 0 aliphatic heterocycles.